The summed E-state index contributed by atoms with van der Waals surface area (Å²) in [6.45, 7) is 6.04. The third kappa shape index (κ3) is 4.42. The van der Waals surface area contributed by atoms with Gasteiger partial charge in [-0.1, -0.05) is 80.1 Å². The maximum absolute atomic E-state index is 13.1. The Morgan fingerprint density at radius 2 is 1.97 bits per heavy atom. The number of nitrogens with zero attached hydrogens (tertiary/aromatic N) is 4. The minimum Gasteiger partial charge on any atom is -0.447 e. The van der Waals surface area contributed by atoms with Crippen LogP contribution in [0.15, 0.2) is 53.7 Å². The van der Waals surface area contributed by atoms with Crippen molar-refractivity contribution in [3.05, 3.63) is 59.7 Å². The first-order valence-electron chi connectivity index (χ1n) is 10.6. The van der Waals surface area contributed by atoms with Gasteiger partial charge in [-0.2, -0.15) is 4.98 Å². The zero-order valence-electron chi connectivity index (χ0n) is 18.0. The summed E-state index contributed by atoms with van der Waals surface area (Å²) >= 11 is 1.57. The largest absolute Gasteiger partial charge is 0.447 e. The molecule has 3 aromatic rings. The molecule has 1 aliphatic rings. The molecule has 0 saturated heterocycles. The molecule has 0 radical (unpaired) electrons. The van der Waals surface area contributed by atoms with Gasteiger partial charge in [0.05, 0.1) is 5.69 Å². The molecule has 2 aromatic carbocycles. The molecule has 2 heterocycles. The van der Waals surface area contributed by atoms with Gasteiger partial charge in [-0.25, -0.2) is 0 Å². The van der Waals surface area contributed by atoms with Gasteiger partial charge < -0.3 is 4.74 Å². The van der Waals surface area contributed by atoms with Gasteiger partial charge in [0.25, 0.3) is 0 Å². The highest BCUT2D eigenvalue weighted by atomic mass is 32.2. The Bertz CT molecular complexity index is 1090. The average Bonchev–Trinajstić information content (AvgIpc) is 2.93. The van der Waals surface area contributed by atoms with Crippen molar-refractivity contribution in [2.24, 2.45) is 0 Å². The van der Waals surface area contributed by atoms with E-state index in [1.807, 2.05) is 62.4 Å². The number of thioether (sulfide) groups is 1. The first-order valence-corrected chi connectivity index (χ1v) is 11.6. The van der Waals surface area contributed by atoms with Crippen LogP contribution in [0, 0.1) is 6.92 Å². The fourth-order valence-electron chi connectivity index (χ4n) is 3.56. The molecule has 0 spiro atoms. The van der Waals surface area contributed by atoms with E-state index in [9.17, 15) is 4.79 Å². The Kier molecular flexibility index (Phi) is 6.51. The van der Waals surface area contributed by atoms with Crippen LogP contribution in [-0.2, 0) is 4.79 Å². The average molecular weight is 435 g/mol. The summed E-state index contributed by atoms with van der Waals surface area (Å²) in [5.74, 6) is 1.30. The van der Waals surface area contributed by atoms with E-state index in [4.69, 9.17) is 9.72 Å². The van der Waals surface area contributed by atoms with Crippen LogP contribution in [0.25, 0.3) is 11.3 Å². The summed E-state index contributed by atoms with van der Waals surface area (Å²) in [6, 6.07) is 15.7. The van der Waals surface area contributed by atoms with Gasteiger partial charge in [-0.3, -0.25) is 9.69 Å². The van der Waals surface area contributed by atoms with Gasteiger partial charge in [0.2, 0.25) is 23.2 Å². The van der Waals surface area contributed by atoms with Crippen LogP contribution in [0.3, 0.4) is 0 Å². The molecule has 0 saturated carbocycles. The predicted octanol–water partition coefficient (Wildman–Crippen LogP) is 5.57. The quantitative estimate of drug-likeness (QED) is 0.373. The number of hydrogen-bond donors (Lipinski definition) is 0. The van der Waals surface area contributed by atoms with Crippen molar-refractivity contribution in [1.82, 2.24) is 15.2 Å². The van der Waals surface area contributed by atoms with Gasteiger partial charge in [0.1, 0.15) is 0 Å². The van der Waals surface area contributed by atoms with E-state index in [1.165, 1.54) is 0 Å². The lowest BCUT2D eigenvalue weighted by Gasteiger charge is -2.30. The molecule has 1 atom stereocenters. The van der Waals surface area contributed by atoms with Crippen LogP contribution in [0.5, 0.6) is 5.88 Å². The van der Waals surface area contributed by atoms with Gasteiger partial charge in [-0.15, -0.1) is 10.2 Å². The minimum absolute atomic E-state index is 0.0303. The third-order valence-corrected chi connectivity index (χ3v) is 6.06. The van der Waals surface area contributed by atoms with Gasteiger partial charge >= 0.3 is 0 Å². The number of unbranched alkanes of at least 4 members (excludes halogenated alkanes) is 1. The molecule has 7 heteroatoms. The summed E-state index contributed by atoms with van der Waals surface area (Å²) in [6.07, 6.45) is 1.91. The topological polar surface area (TPSA) is 68.2 Å². The van der Waals surface area contributed by atoms with Gasteiger partial charge in [-0.05, 0) is 19.4 Å². The Hall–Kier alpha value is -2.93. The molecule has 0 fully saturated rings. The fraction of sp³-hybridized carbons (Fsp3) is 0.333. The summed E-state index contributed by atoms with van der Waals surface area (Å²) < 4.78 is 6.44. The van der Waals surface area contributed by atoms with Crippen LogP contribution in [0.1, 0.15) is 50.5 Å². The molecule has 1 amide bonds. The zero-order chi connectivity index (χ0) is 21.8. The van der Waals surface area contributed by atoms with Crippen LogP contribution in [0.4, 0.5) is 5.69 Å². The van der Waals surface area contributed by atoms with Crippen molar-refractivity contribution in [2.45, 2.75) is 51.4 Å². The predicted molar refractivity (Wildman–Crippen MR) is 123 cm³/mol. The molecular weight excluding hydrogens is 408 g/mol. The molecule has 6 nitrogen and oxygen atoms in total. The van der Waals surface area contributed by atoms with Crippen LogP contribution in [-0.4, -0.2) is 26.8 Å². The van der Waals surface area contributed by atoms with Gasteiger partial charge in [0, 0.05) is 23.3 Å². The summed E-state index contributed by atoms with van der Waals surface area (Å²) in [5, 5.41) is 9.38. The number of hydrogen-bond acceptors (Lipinski definition) is 6. The van der Waals surface area contributed by atoms with E-state index in [0.717, 1.165) is 41.0 Å². The monoisotopic (exact) mass is 434 g/mol. The molecule has 1 aromatic heterocycles. The fourth-order valence-corrected chi connectivity index (χ4v) is 4.42. The standard InChI is InChI=1S/C24H26N4O2S/c1-4-6-14-31-24-25-22-21(26-27-24)18-12-7-8-13-19(18)28(20(29)5-2)23(30-22)17-11-9-10-16(3)15-17/h7-13,15,23H,4-6,14H2,1-3H3. The van der Waals surface area contributed by atoms with E-state index >= 15 is 0 Å². The van der Waals surface area contributed by atoms with Crippen molar-refractivity contribution in [1.29, 1.82) is 0 Å². The number of aromatic nitrogens is 3. The molecule has 0 aliphatic carbocycles. The van der Waals surface area contributed by atoms with Crippen molar-refractivity contribution in [3.8, 4) is 17.1 Å². The third-order valence-electron chi connectivity index (χ3n) is 5.14. The highest BCUT2D eigenvalue weighted by Gasteiger charge is 2.35. The number of carbonyl (C=O) groups is 1. The number of fused-ring (bicyclic) bond motifs is 3. The van der Waals surface area contributed by atoms with E-state index in [2.05, 4.69) is 17.1 Å². The zero-order valence-corrected chi connectivity index (χ0v) is 18.9. The molecular formula is C24H26N4O2S. The van der Waals surface area contributed by atoms with E-state index < -0.39 is 6.23 Å². The number of carbonyl (C=O) groups excluding carboxylic acids is 1. The lowest BCUT2D eigenvalue weighted by Crippen LogP contribution is -2.37. The Balaban J connectivity index is 1.87. The molecule has 1 unspecified atom stereocenters. The highest BCUT2D eigenvalue weighted by Crippen LogP contribution is 2.43. The number of rotatable bonds is 6. The maximum atomic E-state index is 13.1. The van der Waals surface area contributed by atoms with Crippen LogP contribution in [0.2, 0.25) is 0 Å². The normalized spacial score (nSPS) is 14.9. The van der Waals surface area contributed by atoms with Crippen LogP contribution >= 0.6 is 11.8 Å². The molecule has 1 aliphatic heterocycles. The Morgan fingerprint density at radius 1 is 1.13 bits per heavy atom. The number of anilines is 1. The van der Waals surface area contributed by atoms with Crippen molar-refractivity contribution >= 4 is 23.4 Å². The second kappa shape index (κ2) is 9.47. The van der Waals surface area contributed by atoms with E-state index in [1.54, 1.807) is 16.7 Å². The number of ether oxygens (including phenoxy) is 1. The van der Waals surface area contributed by atoms with Crippen molar-refractivity contribution in [3.63, 3.8) is 0 Å². The molecule has 0 bridgehead atoms. The first-order chi connectivity index (χ1) is 15.1. The lowest BCUT2D eigenvalue weighted by atomic mass is 10.1. The maximum Gasteiger partial charge on any atom is 0.247 e. The van der Waals surface area contributed by atoms with Gasteiger partial charge in [0.15, 0.2) is 5.69 Å². The Morgan fingerprint density at radius 3 is 2.74 bits per heavy atom. The minimum atomic E-state index is -0.639. The molecule has 4 rings (SSSR count). The second-order valence-corrected chi connectivity index (χ2v) is 8.53. The van der Waals surface area contributed by atoms with Crippen LogP contribution < -0.4 is 9.64 Å². The van der Waals surface area contributed by atoms with Crippen molar-refractivity contribution < 1.29 is 9.53 Å². The summed E-state index contributed by atoms with van der Waals surface area (Å²) in [7, 11) is 0. The Labute approximate surface area is 187 Å². The van der Waals surface area contributed by atoms with E-state index in [0.29, 0.717) is 23.2 Å². The smallest absolute Gasteiger partial charge is 0.247 e. The number of aryl methyl sites for hydroxylation is 1. The van der Waals surface area contributed by atoms with Crippen molar-refractivity contribution in [2.75, 3.05) is 10.7 Å². The number of amides is 1. The van der Waals surface area contributed by atoms with E-state index in [-0.39, 0.29) is 5.91 Å². The number of benzene rings is 2. The SMILES string of the molecule is CCCCSc1nnc2c(n1)OC(c1cccc(C)c1)N(C(=O)CC)c1ccccc1-2. The lowest BCUT2D eigenvalue weighted by molar-refractivity contribution is -0.120. The molecule has 0 N–H and O–H groups in total. The summed E-state index contributed by atoms with van der Waals surface area (Å²) in [4.78, 5) is 19.5. The molecule has 31 heavy (non-hydrogen) atoms. The second-order valence-electron chi connectivity index (χ2n) is 7.47. The highest BCUT2D eigenvalue weighted by molar-refractivity contribution is 7.99. The first kappa shape index (κ1) is 21.3. The summed E-state index contributed by atoms with van der Waals surface area (Å²) in [5.41, 5.74) is 4.09. The molecule has 160 valence electrons. The number of para-hydroxylation sites is 1.